The van der Waals surface area contributed by atoms with E-state index in [0.29, 0.717) is 21.8 Å². The summed E-state index contributed by atoms with van der Waals surface area (Å²) in [6.07, 6.45) is 0. The summed E-state index contributed by atoms with van der Waals surface area (Å²) >= 11 is 1.29. The minimum Gasteiger partial charge on any atom is -0.507 e. The summed E-state index contributed by atoms with van der Waals surface area (Å²) in [7, 11) is 0. The van der Waals surface area contributed by atoms with Gasteiger partial charge in [-0.25, -0.2) is 9.37 Å². The molecule has 0 spiro atoms. The first kappa shape index (κ1) is 20.1. The summed E-state index contributed by atoms with van der Waals surface area (Å²) in [5.41, 5.74) is 2.62. The number of aryl methyl sites for hydroxylation is 1. The Morgan fingerprint density at radius 2 is 1.75 bits per heavy atom. The van der Waals surface area contributed by atoms with Crippen LogP contribution in [0.15, 0.2) is 78.4 Å². The molecule has 5 rings (SSSR count). The molecule has 0 aliphatic carbocycles. The average molecular weight is 444 g/mol. The Morgan fingerprint density at radius 1 is 1.03 bits per heavy atom. The number of aliphatic hydroxyl groups is 1. The zero-order valence-electron chi connectivity index (χ0n) is 16.9. The highest BCUT2D eigenvalue weighted by Crippen LogP contribution is 2.44. The number of hydrogen-bond acceptors (Lipinski definition) is 5. The SMILES string of the molecule is Cc1ccc2nc(N3C(=O)C(=O)C(=C(O)c4ccccc4)[C@H]3c3ccc(F)cc3)sc2c1. The van der Waals surface area contributed by atoms with Gasteiger partial charge >= 0.3 is 5.91 Å². The van der Waals surface area contributed by atoms with Crippen LogP contribution in [0.25, 0.3) is 16.0 Å². The lowest BCUT2D eigenvalue weighted by Crippen LogP contribution is -2.29. The van der Waals surface area contributed by atoms with E-state index in [1.165, 1.54) is 40.5 Å². The summed E-state index contributed by atoms with van der Waals surface area (Å²) in [6, 6.07) is 18.9. The topological polar surface area (TPSA) is 70.5 Å². The molecule has 0 radical (unpaired) electrons. The van der Waals surface area contributed by atoms with Crippen molar-refractivity contribution in [3.63, 3.8) is 0 Å². The van der Waals surface area contributed by atoms with Crippen LogP contribution < -0.4 is 4.90 Å². The Bertz CT molecular complexity index is 1390. The number of Topliss-reactive ketones (excluding diaryl/α,β-unsaturated/α-hetero) is 1. The molecular weight excluding hydrogens is 427 g/mol. The van der Waals surface area contributed by atoms with Crippen molar-refractivity contribution in [2.75, 3.05) is 4.90 Å². The van der Waals surface area contributed by atoms with Crippen LogP contribution in [-0.2, 0) is 9.59 Å². The fourth-order valence-corrected chi connectivity index (χ4v) is 4.95. The lowest BCUT2D eigenvalue weighted by Gasteiger charge is -2.23. The second kappa shape index (κ2) is 7.69. The Hall–Kier alpha value is -3.84. The summed E-state index contributed by atoms with van der Waals surface area (Å²) in [5.74, 6) is -2.31. The second-order valence-electron chi connectivity index (χ2n) is 7.55. The molecule has 1 N–H and O–H groups in total. The first-order valence-electron chi connectivity index (χ1n) is 9.93. The maximum atomic E-state index is 13.6. The maximum Gasteiger partial charge on any atom is 0.301 e. The van der Waals surface area contributed by atoms with E-state index in [2.05, 4.69) is 4.98 Å². The van der Waals surface area contributed by atoms with E-state index in [1.54, 1.807) is 30.3 Å². The van der Waals surface area contributed by atoms with Crippen LogP contribution >= 0.6 is 11.3 Å². The van der Waals surface area contributed by atoms with E-state index in [9.17, 15) is 19.1 Å². The number of carbonyl (C=O) groups is 2. The fourth-order valence-electron chi connectivity index (χ4n) is 3.86. The van der Waals surface area contributed by atoms with Gasteiger partial charge in [0, 0.05) is 5.56 Å². The van der Waals surface area contributed by atoms with Crippen molar-refractivity contribution in [1.29, 1.82) is 0 Å². The van der Waals surface area contributed by atoms with Gasteiger partial charge in [-0.2, -0.15) is 0 Å². The number of fused-ring (bicyclic) bond motifs is 1. The number of hydrogen-bond donors (Lipinski definition) is 1. The number of rotatable bonds is 3. The minimum atomic E-state index is -0.933. The van der Waals surface area contributed by atoms with Crippen molar-refractivity contribution < 1.29 is 19.1 Å². The number of benzene rings is 3. The lowest BCUT2D eigenvalue weighted by atomic mass is 9.95. The molecule has 1 aliphatic heterocycles. The van der Waals surface area contributed by atoms with Gasteiger partial charge in [-0.3, -0.25) is 14.5 Å². The number of amides is 1. The Kier molecular flexibility index (Phi) is 4.83. The summed E-state index contributed by atoms with van der Waals surface area (Å²) in [4.78, 5) is 32.2. The first-order valence-corrected chi connectivity index (χ1v) is 10.7. The molecule has 0 unspecified atom stereocenters. The number of nitrogens with zero attached hydrogens (tertiary/aromatic N) is 2. The van der Waals surface area contributed by atoms with Crippen molar-refractivity contribution >= 4 is 44.1 Å². The number of anilines is 1. The molecule has 0 saturated carbocycles. The van der Waals surface area contributed by atoms with Crippen molar-refractivity contribution in [1.82, 2.24) is 4.98 Å². The van der Waals surface area contributed by atoms with Crippen LogP contribution in [0.5, 0.6) is 0 Å². The molecule has 1 saturated heterocycles. The molecule has 0 bridgehead atoms. The molecule has 3 aromatic carbocycles. The summed E-state index contributed by atoms with van der Waals surface area (Å²) < 4.78 is 14.5. The molecule has 1 aliphatic rings. The fraction of sp³-hybridized carbons (Fsp3) is 0.0800. The van der Waals surface area contributed by atoms with E-state index >= 15 is 0 Å². The summed E-state index contributed by atoms with van der Waals surface area (Å²) in [6.45, 7) is 1.96. The third kappa shape index (κ3) is 3.27. The molecule has 32 heavy (non-hydrogen) atoms. The molecule has 2 heterocycles. The lowest BCUT2D eigenvalue weighted by molar-refractivity contribution is -0.132. The van der Waals surface area contributed by atoms with E-state index < -0.39 is 23.5 Å². The van der Waals surface area contributed by atoms with Crippen LogP contribution in [0.3, 0.4) is 0 Å². The molecule has 1 aromatic heterocycles. The van der Waals surface area contributed by atoms with E-state index in [-0.39, 0.29) is 11.3 Å². The quantitative estimate of drug-likeness (QED) is 0.262. The zero-order valence-corrected chi connectivity index (χ0v) is 17.8. The number of thiazole rings is 1. The number of aliphatic hydroxyl groups excluding tert-OH is 1. The third-order valence-corrected chi connectivity index (χ3v) is 6.43. The third-order valence-electron chi connectivity index (χ3n) is 5.42. The predicted molar refractivity (Wildman–Crippen MR) is 122 cm³/mol. The molecule has 1 amide bonds. The molecule has 7 heteroatoms. The molecular formula is C25H17FN2O3S. The van der Waals surface area contributed by atoms with Crippen molar-refractivity contribution in [2.45, 2.75) is 13.0 Å². The highest BCUT2D eigenvalue weighted by atomic mass is 32.1. The van der Waals surface area contributed by atoms with Gasteiger partial charge in [0.25, 0.3) is 5.78 Å². The van der Waals surface area contributed by atoms with Gasteiger partial charge in [0.15, 0.2) is 5.13 Å². The standard InChI is InChI=1S/C25H17FN2O3S/c1-14-7-12-18-19(13-14)32-25(27-18)28-21(15-8-10-17(26)11-9-15)20(23(30)24(28)31)22(29)16-5-3-2-4-6-16/h2-13,21,29H,1H3/t21-/m1/s1. The van der Waals surface area contributed by atoms with Crippen molar-refractivity contribution in [3.05, 3.63) is 101 Å². The molecule has 5 nitrogen and oxygen atoms in total. The Morgan fingerprint density at radius 3 is 2.47 bits per heavy atom. The van der Waals surface area contributed by atoms with E-state index in [1.807, 2.05) is 25.1 Å². The Labute approximate surface area is 187 Å². The first-order chi connectivity index (χ1) is 15.4. The normalized spacial score (nSPS) is 17.9. The summed E-state index contributed by atoms with van der Waals surface area (Å²) in [5, 5.41) is 11.4. The van der Waals surface area contributed by atoms with Crippen LogP contribution in [0, 0.1) is 12.7 Å². The minimum absolute atomic E-state index is 0.0526. The van der Waals surface area contributed by atoms with Crippen molar-refractivity contribution in [2.24, 2.45) is 0 Å². The van der Waals surface area contributed by atoms with E-state index in [0.717, 1.165) is 10.3 Å². The average Bonchev–Trinajstić information content (AvgIpc) is 3.32. The van der Waals surface area contributed by atoms with Crippen LogP contribution in [0.4, 0.5) is 9.52 Å². The van der Waals surface area contributed by atoms with Crippen LogP contribution in [0.1, 0.15) is 22.7 Å². The highest BCUT2D eigenvalue weighted by Gasteiger charge is 2.48. The van der Waals surface area contributed by atoms with Gasteiger partial charge in [0.05, 0.1) is 21.8 Å². The van der Waals surface area contributed by atoms with Gasteiger partial charge in [-0.05, 0) is 42.3 Å². The van der Waals surface area contributed by atoms with Gasteiger partial charge in [0.2, 0.25) is 0 Å². The molecule has 1 atom stereocenters. The second-order valence-corrected chi connectivity index (χ2v) is 8.56. The van der Waals surface area contributed by atoms with E-state index in [4.69, 9.17) is 0 Å². The molecule has 1 fully saturated rings. The van der Waals surface area contributed by atoms with Gasteiger partial charge < -0.3 is 5.11 Å². The van der Waals surface area contributed by atoms with Crippen LogP contribution in [-0.4, -0.2) is 21.8 Å². The number of aromatic nitrogens is 1. The van der Waals surface area contributed by atoms with Gasteiger partial charge in [-0.1, -0.05) is 59.9 Å². The maximum absolute atomic E-state index is 13.6. The number of ketones is 1. The molecule has 4 aromatic rings. The number of halogens is 1. The smallest absolute Gasteiger partial charge is 0.301 e. The van der Waals surface area contributed by atoms with Gasteiger partial charge in [-0.15, -0.1) is 0 Å². The highest BCUT2D eigenvalue weighted by molar-refractivity contribution is 7.22. The molecule has 158 valence electrons. The van der Waals surface area contributed by atoms with Crippen LogP contribution in [0.2, 0.25) is 0 Å². The van der Waals surface area contributed by atoms with Crippen molar-refractivity contribution in [3.8, 4) is 0 Å². The monoisotopic (exact) mass is 444 g/mol. The largest absolute Gasteiger partial charge is 0.507 e. The Balaban J connectivity index is 1.73. The predicted octanol–water partition coefficient (Wildman–Crippen LogP) is 5.37. The zero-order chi connectivity index (χ0) is 22.4. The number of carbonyl (C=O) groups excluding carboxylic acids is 2. The van der Waals surface area contributed by atoms with Gasteiger partial charge in [0.1, 0.15) is 11.6 Å².